The molecule has 0 atom stereocenters. The third kappa shape index (κ3) is 3.00. The van der Waals surface area contributed by atoms with E-state index in [0.29, 0.717) is 0 Å². The molecule has 3 aromatic rings. The summed E-state index contributed by atoms with van der Waals surface area (Å²) in [6.07, 6.45) is 5.64. The predicted molar refractivity (Wildman–Crippen MR) is 101 cm³/mol. The van der Waals surface area contributed by atoms with Crippen LogP contribution in [0.15, 0.2) is 42.9 Å². The second kappa shape index (κ2) is 7.31. The molecule has 7 nitrogen and oxygen atoms in total. The lowest BCUT2D eigenvalue weighted by Crippen LogP contribution is -2.47. The molecule has 136 valence electrons. The fourth-order valence-electron chi connectivity index (χ4n) is 3.51. The average molecular weight is 353 g/mol. The van der Waals surface area contributed by atoms with E-state index >= 15 is 0 Å². The topological polar surface area (TPSA) is 66.1 Å². The molecule has 0 unspecified atom stereocenters. The smallest absolute Gasteiger partial charge is 0.180 e. The maximum atomic E-state index is 9.11. The standard InChI is InChI=1S/C19H23N5O2/c1-26-17-5-3-2-4-15(17)16-14-21-19-18(20-6-7-24(16)19)23-10-8-22(9-11-23)12-13-25/h2-7,14,25H,8-13H2,1H3. The summed E-state index contributed by atoms with van der Waals surface area (Å²) in [4.78, 5) is 13.8. The number of para-hydroxylation sites is 1. The van der Waals surface area contributed by atoms with Gasteiger partial charge in [-0.3, -0.25) is 9.30 Å². The number of hydrogen-bond donors (Lipinski definition) is 1. The Labute approximate surface area is 152 Å². The number of fused-ring (bicyclic) bond motifs is 1. The second-order valence-corrected chi connectivity index (χ2v) is 6.34. The number of nitrogens with zero attached hydrogens (tertiary/aromatic N) is 5. The molecule has 1 saturated heterocycles. The van der Waals surface area contributed by atoms with Gasteiger partial charge < -0.3 is 14.7 Å². The summed E-state index contributed by atoms with van der Waals surface area (Å²) in [6, 6.07) is 7.96. The molecule has 7 heteroatoms. The Kier molecular flexibility index (Phi) is 4.73. The van der Waals surface area contributed by atoms with Gasteiger partial charge in [0.05, 0.1) is 25.6 Å². The fraction of sp³-hybridized carbons (Fsp3) is 0.368. The van der Waals surface area contributed by atoms with Crippen LogP contribution in [0, 0.1) is 0 Å². The molecule has 1 aromatic carbocycles. The van der Waals surface area contributed by atoms with Gasteiger partial charge in [0.25, 0.3) is 0 Å². The molecule has 1 N–H and O–H groups in total. The van der Waals surface area contributed by atoms with Crippen molar-refractivity contribution in [2.45, 2.75) is 0 Å². The minimum atomic E-state index is 0.205. The zero-order valence-corrected chi connectivity index (χ0v) is 14.9. The molecule has 0 saturated carbocycles. The van der Waals surface area contributed by atoms with Gasteiger partial charge in [-0.05, 0) is 12.1 Å². The van der Waals surface area contributed by atoms with Crippen LogP contribution in [-0.2, 0) is 0 Å². The first-order valence-electron chi connectivity index (χ1n) is 8.85. The number of anilines is 1. The van der Waals surface area contributed by atoms with Gasteiger partial charge in [-0.2, -0.15) is 0 Å². The Morgan fingerprint density at radius 1 is 1.12 bits per heavy atom. The van der Waals surface area contributed by atoms with E-state index in [4.69, 9.17) is 9.84 Å². The first-order valence-corrected chi connectivity index (χ1v) is 8.85. The Balaban J connectivity index is 1.68. The Morgan fingerprint density at radius 2 is 1.92 bits per heavy atom. The van der Waals surface area contributed by atoms with Gasteiger partial charge in [0.2, 0.25) is 0 Å². The molecule has 0 bridgehead atoms. The summed E-state index contributed by atoms with van der Waals surface area (Å²) in [5, 5.41) is 9.11. The van der Waals surface area contributed by atoms with E-state index in [1.807, 2.05) is 42.9 Å². The lowest BCUT2D eigenvalue weighted by Gasteiger charge is -2.35. The third-order valence-corrected chi connectivity index (χ3v) is 4.88. The SMILES string of the molecule is COc1ccccc1-c1cnc2c(N3CCN(CCO)CC3)nccn12. The highest BCUT2D eigenvalue weighted by molar-refractivity contribution is 5.74. The van der Waals surface area contributed by atoms with E-state index in [9.17, 15) is 0 Å². The number of aliphatic hydroxyl groups excluding tert-OH is 1. The average Bonchev–Trinajstić information content (AvgIpc) is 3.13. The van der Waals surface area contributed by atoms with Crippen LogP contribution in [-0.4, -0.2) is 70.8 Å². The van der Waals surface area contributed by atoms with Crippen molar-refractivity contribution in [3.8, 4) is 17.0 Å². The number of methoxy groups -OCH3 is 1. The maximum Gasteiger partial charge on any atom is 0.180 e. The predicted octanol–water partition coefficient (Wildman–Crippen LogP) is 1.52. The molecular formula is C19H23N5O2. The van der Waals surface area contributed by atoms with E-state index in [0.717, 1.165) is 61.2 Å². The summed E-state index contributed by atoms with van der Waals surface area (Å²) >= 11 is 0. The highest BCUT2D eigenvalue weighted by atomic mass is 16.5. The Bertz CT molecular complexity index is 887. The summed E-state index contributed by atoms with van der Waals surface area (Å²) < 4.78 is 7.58. The third-order valence-electron chi connectivity index (χ3n) is 4.88. The van der Waals surface area contributed by atoms with Crippen LogP contribution in [0.5, 0.6) is 5.75 Å². The molecule has 0 amide bonds. The zero-order valence-electron chi connectivity index (χ0n) is 14.9. The Morgan fingerprint density at radius 3 is 2.69 bits per heavy atom. The van der Waals surface area contributed by atoms with E-state index in [-0.39, 0.29) is 6.61 Å². The molecule has 26 heavy (non-hydrogen) atoms. The molecule has 0 spiro atoms. The normalized spacial score (nSPS) is 15.5. The Hall–Kier alpha value is -2.64. The monoisotopic (exact) mass is 353 g/mol. The van der Waals surface area contributed by atoms with Crippen molar-refractivity contribution in [2.24, 2.45) is 0 Å². The van der Waals surface area contributed by atoms with E-state index in [1.165, 1.54) is 0 Å². The van der Waals surface area contributed by atoms with E-state index < -0.39 is 0 Å². The minimum absolute atomic E-state index is 0.205. The van der Waals surface area contributed by atoms with Crippen molar-refractivity contribution in [1.29, 1.82) is 0 Å². The van der Waals surface area contributed by atoms with Crippen LogP contribution in [0.1, 0.15) is 0 Å². The number of benzene rings is 1. The molecular weight excluding hydrogens is 330 g/mol. The minimum Gasteiger partial charge on any atom is -0.496 e. The molecule has 3 heterocycles. The number of rotatable bonds is 5. The quantitative estimate of drug-likeness (QED) is 0.750. The van der Waals surface area contributed by atoms with Crippen molar-refractivity contribution in [3.05, 3.63) is 42.9 Å². The molecule has 2 aromatic heterocycles. The molecule has 1 fully saturated rings. The number of hydrogen-bond acceptors (Lipinski definition) is 6. The summed E-state index contributed by atoms with van der Waals surface area (Å²) in [7, 11) is 1.68. The fourth-order valence-corrected chi connectivity index (χ4v) is 3.51. The summed E-state index contributed by atoms with van der Waals surface area (Å²) in [6.45, 7) is 4.53. The zero-order chi connectivity index (χ0) is 17.9. The highest BCUT2D eigenvalue weighted by Crippen LogP contribution is 2.31. The van der Waals surface area contributed by atoms with Crippen LogP contribution >= 0.6 is 0 Å². The number of piperazine rings is 1. The van der Waals surface area contributed by atoms with Crippen molar-refractivity contribution < 1.29 is 9.84 Å². The van der Waals surface area contributed by atoms with Crippen LogP contribution < -0.4 is 9.64 Å². The van der Waals surface area contributed by atoms with E-state index in [2.05, 4.69) is 24.2 Å². The van der Waals surface area contributed by atoms with Gasteiger partial charge in [0.1, 0.15) is 5.75 Å². The van der Waals surface area contributed by atoms with Gasteiger partial charge in [-0.1, -0.05) is 12.1 Å². The van der Waals surface area contributed by atoms with Crippen LogP contribution in [0.4, 0.5) is 5.82 Å². The lowest BCUT2D eigenvalue weighted by atomic mass is 10.1. The van der Waals surface area contributed by atoms with Gasteiger partial charge in [-0.15, -0.1) is 0 Å². The first kappa shape index (κ1) is 16.8. The lowest BCUT2D eigenvalue weighted by molar-refractivity contribution is 0.188. The number of aromatic nitrogens is 3. The molecule has 1 aliphatic rings. The van der Waals surface area contributed by atoms with Crippen molar-refractivity contribution in [1.82, 2.24) is 19.3 Å². The number of β-amino-alcohol motifs (C(OH)–C–C–N with tert-alkyl or cyclic N) is 1. The maximum absolute atomic E-state index is 9.11. The van der Waals surface area contributed by atoms with Gasteiger partial charge in [0, 0.05) is 50.7 Å². The van der Waals surface area contributed by atoms with Gasteiger partial charge in [-0.25, -0.2) is 9.97 Å². The molecule has 1 aliphatic heterocycles. The molecule has 4 rings (SSSR count). The van der Waals surface area contributed by atoms with Crippen molar-refractivity contribution in [3.63, 3.8) is 0 Å². The first-order chi connectivity index (χ1) is 12.8. The summed E-state index contributed by atoms with van der Waals surface area (Å²) in [5.74, 6) is 1.72. The van der Waals surface area contributed by atoms with Gasteiger partial charge in [0.15, 0.2) is 11.5 Å². The summed E-state index contributed by atoms with van der Waals surface area (Å²) in [5.41, 5.74) is 2.84. The van der Waals surface area contributed by atoms with Crippen LogP contribution in [0.2, 0.25) is 0 Å². The van der Waals surface area contributed by atoms with Gasteiger partial charge >= 0.3 is 0 Å². The van der Waals surface area contributed by atoms with E-state index in [1.54, 1.807) is 7.11 Å². The number of imidazole rings is 1. The second-order valence-electron chi connectivity index (χ2n) is 6.34. The largest absolute Gasteiger partial charge is 0.496 e. The highest BCUT2D eigenvalue weighted by Gasteiger charge is 2.21. The van der Waals surface area contributed by atoms with Crippen molar-refractivity contribution in [2.75, 3.05) is 51.3 Å². The number of ether oxygens (including phenoxy) is 1. The molecule has 0 radical (unpaired) electrons. The molecule has 0 aliphatic carbocycles. The van der Waals surface area contributed by atoms with Crippen molar-refractivity contribution >= 4 is 11.5 Å². The number of aliphatic hydroxyl groups is 1. The van der Waals surface area contributed by atoms with Crippen LogP contribution in [0.25, 0.3) is 16.9 Å². The van der Waals surface area contributed by atoms with Crippen LogP contribution in [0.3, 0.4) is 0 Å².